The highest BCUT2D eigenvalue weighted by Crippen LogP contribution is 2.23. The van der Waals surface area contributed by atoms with Gasteiger partial charge in [-0.25, -0.2) is 0 Å². The van der Waals surface area contributed by atoms with E-state index in [2.05, 4.69) is 0 Å². The van der Waals surface area contributed by atoms with Gasteiger partial charge in [-0.15, -0.1) is 0 Å². The summed E-state index contributed by atoms with van der Waals surface area (Å²) >= 11 is 0. The van der Waals surface area contributed by atoms with Gasteiger partial charge in [0.15, 0.2) is 6.10 Å². The molecule has 1 aromatic rings. The van der Waals surface area contributed by atoms with E-state index in [4.69, 9.17) is 4.74 Å². The number of ether oxygens (including phenoxy) is 1. The van der Waals surface area contributed by atoms with Gasteiger partial charge < -0.3 is 9.64 Å². The van der Waals surface area contributed by atoms with Crippen molar-refractivity contribution in [2.24, 2.45) is 0 Å². The summed E-state index contributed by atoms with van der Waals surface area (Å²) in [6.07, 6.45) is -0.782. The number of nitro benzene ring substituents is 1. The molecule has 0 bridgehead atoms. The van der Waals surface area contributed by atoms with E-state index < -0.39 is 22.5 Å². The third kappa shape index (κ3) is 3.66. The molecule has 1 unspecified atom stereocenters. The van der Waals surface area contributed by atoms with Gasteiger partial charge in [-0.1, -0.05) is 0 Å². The Morgan fingerprint density at radius 1 is 1.45 bits per heavy atom. The summed E-state index contributed by atoms with van der Waals surface area (Å²) < 4.78 is 18.7. The van der Waals surface area contributed by atoms with E-state index >= 15 is 0 Å². The molecule has 1 amide bonds. The Hall–Kier alpha value is -2.18. The Morgan fingerprint density at radius 2 is 2.05 bits per heavy atom. The molecule has 1 atom stereocenters. The zero-order chi connectivity index (χ0) is 15.3. The smallest absolute Gasteiger partial charge is 0.305 e. The van der Waals surface area contributed by atoms with Gasteiger partial charge in [0, 0.05) is 25.2 Å². The van der Waals surface area contributed by atoms with Crippen LogP contribution >= 0.6 is 0 Å². The van der Waals surface area contributed by atoms with E-state index in [1.165, 1.54) is 6.07 Å². The maximum absolute atomic E-state index is 13.4. The standard InChI is InChI=1S/C13H17FN2O4/c1-4-15(5-2)13(17)9(3)20-10-6-7-12(16(18)19)11(14)8-10/h6-9H,4-5H2,1-3H3. The minimum atomic E-state index is -0.991. The molecule has 1 aromatic carbocycles. The second kappa shape index (κ2) is 6.83. The first kappa shape index (κ1) is 15.9. The van der Waals surface area contributed by atoms with E-state index in [9.17, 15) is 19.3 Å². The largest absolute Gasteiger partial charge is 0.481 e. The molecule has 0 radical (unpaired) electrons. The molecule has 0 fully saturated rings. The maximum Gasteiger partial charge on any atom is 0.305 e. The molecule has 20 heavy (non-hydrogen) atoms. The molecule has 0 N–H and O–H groups in total. The number of carbonyl (C=O) groups is 1. The van der Waals surface area contributed by atoms with Crippen LogP contribution in [0.3, 0.4) is 0 Å². The zero-order valence-corrected chi connectivity index (χ0v) is 11.6. The van der Waals surface area contributed by atoms with Crippen LogP contribution in [-0.2, 0) is 4.79 Å². The lowest BCUT2D eigenvalue weighted by Crippen LogP contribution is -2.40. The predicted octanol–water partition coefficient (Wildman–Crippen LogP) is 2.37. The van der Waals surface area contributed by atoms with Gasteiger partial charge >= 0.3 is 5.69 Å². The second-order valence-electron chi connectivity index (χ2n) is 4.14. The van der Waals surface area contributed by atoms with E-state index in [0.717, 1.165) is 12.1 Å². The number of nitrogens with zero attached hydrogens (tertiary/aromatic N) is 2. The number of hydrogen-bond donors (Lipinski definition) is 0. The van der Waals surface area contributed by atoms with Crippen LogP contribution < -0.4 is 4.74 Å². The molecule has 7 heteroatoms. The molecule has 0 aliphatic heterocycles. The van der Waals surface area contributed by atoms with Gasteiger partial charge in [0.05, 0.1) is 4.92 Å². The summed E-state index contributed by atoms with van der Waals surface area (Å²) in [5.74, 6) is -1.12. The van der Waals surface area contributed by atoms with Gasteiger partial charge in [-0.3, -0.25) is 14.9 Å². The second-order valence-corrected chi connectivity index (χ2v) is 4.14. The van der Waals surface area contributed by atoms with E-state index in [0.29, 0.717) is 13.1 Å². The van der Waals surface area contributed by atoms with Gasteiger partial charge in [0.1, 0.15) is 5.75 Å². The first-order valence-corrected chi connectivity index (χ1v) is 6.30. The van der Waals surface area contributed by atoms with Crippen molar-refractivity contribution < 1.29 is 18.8 Å². The quantitative estimate of drug-likeness (QED) is 0.594. The molecule has 0 aliphatic carbocycles. The number of carbonyl (C=O) groups excluding carboxylic acids is 1. The highest BCUT2D eigenvalue weighted by atomic mass is 19.1. The number of likely N-dealkylation sites (N-methyl/N-ethyl adjacent to an activating group) is 1. The summed E-state index contributed by atoms with van der Waals surface area (Å²) in [6, 6.07) is 3.19. The first-order valence-electron chi connectivity index (χ1n) is 6.30. The number of benzene rings is 1. The molecule has 6 nitrogen and oxygen atoms in total. The van der Waals surface area contributed by atoms with Gasteiger partial charge in [-0.2, -0.15) is 4.39 Å². The Balaban J connectivity index is 2.81. The molecule has 0 aromatic heterocycles. The lowest BCUT2D eigenvalue weighted by molar-refractivity contribution is -0.387. The van der Waals surface area contributed by atoms with E-state index in [1.807, 2.05) is 13.8 Å². The van der Waals surface area contributed by atoms with Gasteiger partial charge in [0.25, 0.3) is 5.91 Å². The third-order valence-corrected chi connectivity index (χ3v) is 2.85. The number of amides is 1. The van der Waals surface area contributed by atoms with Crippen LogP contribution in [0.15, 0.2) is 18.2 Å². The summed E-state index contributed by atoms with van der Waals surface area (Å²) in [5, 5.41) is 10.5. The van der Waals surface area contributed by atoms with Crippen molar-refractivity contribution in [1.82, 2.24) is 4.90 Å². The number of nitro groups is 1. The summed E-state index contributed by atoms with van der Waals surface area (Å²) in [6.45, 7) is 6.36. The SMILES string of the molecule is CCN(CC)C(=O)C(C)Oc1ccc([N+](=O)[O-])c(F)c1. The number of halogens is 1. The predicted molar refractivity (Wildman–Crippen MR) is 71.1 cm³/mol. The van der Waals surface area contributed by atoms with Crippen molar-refractivity contribution in [3.05, 3.63) is 34.1 Å². The Kier molecular flexibility index (Phi) is 5.42. The Morgan fingerprint density at radius 3 is 2.50 bits per heavy atom. The minimum absolute atomic E-state index is 0.0844. The van der Waals surface area contributed by atoms with Gasteiger partial charge in [0.2, 0.25) is 5.82 Å². The molecule has 0 saturated heterocycles. The van der Waals surface area contributed by atoms with E-state index in [1.54, 1.807) is 11.8 Å². The normalized spacial score (nSPS) is 11.8. The van der Waals surface area contributed by atoms with E-state index in [-0.39, 0.29) is 11.7 Å². The lowest BCUT2D eigenvalue weighted by atomic mass is 10.2. The summed E-state index contributed by atoms with van der Waals surface area (Å²) in [7, 11) is 0. The van der Waals surface area contributed by atoms with Crippen LogP contribution in [0.5, 0.6) is 5.75 Å². The van der Waals surface area contributed by atoms with Gasteiger partial charge in [-0.05, 0) is 26.8 Å². The topological polar surface area (TPSA) is 72.7 Å². The first-order chi connectivity index (χ1) is 9.40. The third-order valence-electron chi connectivity index (χ3n) is 2.85. The van der Waals surface area contributed by atoms with Crippen molar-refractivity contribution in [1.29, 1.82) is 0 Å². The molecule has 0 aliphatic rings. The highest BCUT2D eigenvalue weighted by Gasteiger charge is 2.21. The molecular formula is C13H17FN2O4. The van der Waals surface area contributed by atoms with Crippen LogP contribution in [0.1, 0.15) is 20.8 Å². The van der Waals surface area contributed by atoms with Crippen LogP contribution in [0.2, 0.25) is 0 Å². The monoisotopic (exact) mass is 284 g/mol. The van der Waals surface area contributed by atoms with Crippen LogP contribution in [0.4, 0.5) is 10.1 Å². The molecule has 1 rings (SSSR count). The highest BCUT2D eigenvalue weighted by molar-refractivity contribution is 5.80. The Labute approximate surface area is 116 Å². The number of hydrogen-bond acceptors (Lipinski definition) is 4. The van der Waals surface area contributed by atoms with Crippen LogP contribution in [0.25, 0.3) is 0 Å². The molecular weight excluding hydrogens is 267 g/mol. The van der Waals surface area contributed by atoms with Crippen molar-refractivity contribution in [2.75, 3.05) is 13.1 Å². The van der Waals surface area contributed by atoms with Crippen molar-refractivity contribution in [2.45, 2.75) is 26.9 Å². The molecule has 0 spiro atoms. The maximum atomic E-state index is 13.4. The Bertz CT molecular complexity index is 503. The van der Waals surface area contributed by atoms with Crippen molar-refractivity contribution >= 4 is 11.6 Å². The summed E-state index contributed by atoms with van der Waals surface area (Å²) in [4.78, 5) is 23.2. The average Bonchev–Trinajstić information content (AvgIpc) is 2.39. The molecule has 0 saturated carbocycles. The van der Waals surface area contributed by atoms with Crippen molar-refractivity contribution in [3.63, 3.8) is 0 Å². The average molecular weight is 284 g/mol. The lowest BCUT2D eigenvalue weighted by Gasteiger charge is -2.23. The van der Waals surface area contributed by atoms with Crippen LogP contribution in [-0.4, -0.2) is 34.9 Å². The fourth-order valence-corrected chi connectivity index (χ4v) is 1.76. The van der Waals surface area contributed by atoms with Crippen LogP contribution in [0, 0.1) is 15.9 Å². The number of rotatable bonds is 6. The molecule has 0 heterocycles. The zero-order valence-electron chi connectivity index (χ0n) is 11.6. The fourth-order valence-electron chi connectivity index (χ4n) is 1.76. The fraction of sp³-hybridized carbons (Fsp3) is 0.462. The molecule has 110 valence electrons. The van der Waals surface area contributed by atoms with Crippen molar-refractivity contribution in [3.8, 4) is 5.75 Å². The minimum Gasteiger partial charge on any atom is -0.481 e. The summed E-state index contributed by atoms with van der Waals surface area (Å²) in [5.41, 5.74) is -0.625.